The van der Waals surface area contributed by atoms with Crippen LogP contribution in [0.2, 0.25) is 0 Å². The third kappa shape index (κ3) is 3.02. The second-order valence-electron chi connectivity index (χ2n) is 3.75. The summed E-state index contributed by atoms with van der Waals surface area (Å²) in [6.45, 7) is 0. The van der Waals surface area contributed by atoms with Crippen LogP contribution in [0.15, 0.2) is 53.6 Å². The van der Waals surface area contributed by atoms with Crippen molar-refractivity contribution in [1.82, 2.24) is 0 Å². The van der Waals surface area contributed by atoms with Crippen LogP contribution in [0.25, 0.3) is 10.4 Å². The molecule has 0 aliphatic heterocycles. The second kappa shape index (κ2) is 5.54. The zero-order valence-corrected chi connectivity index (χ0v) is 10.0. The Morgan fingerprint density at radius 2 is 1.55 bits per heavy atom. The lowest BCUT2D eigenvalue weighted by molar-refractivity contribution is -0.138. The fourth-order valence-corrected chi connectivity index (χ4v) is 1.58. The smallest absolute Gasteiger partial charge is 0.419 e. The SMILES string of the molecule is [N-]=[N+]=Nc1ccccc1Oc1ccccc1C(F)(F)F. The van der Waals surface area contributed by atoms with Crippen molar-refractivity contribution in [3.8, 4) is 11.5 Å². The van der Waals surface area contributed by atoms with E-state index in [1.54, 1.807) is 12.1 Å². The Morgan fingerprint density at radius 3 is 2.20 bits per heavy atom. The van der Waals surface area contributed by atoms with Gasteiger partial charge in [0.05, 0.1) is 11.3 Å². The Kier molecular flexibility index (Phi) is 3.81. The maximum atomic E-state index is 12.8. The molecule has 0 unspecified atom stereocenters. The molecule has 2 aromatic rings. The highest BCUT2D eigenvalue weighted by Crippen LogP contribution is 2.39. The second-order valence-corrected chi connectivity index (χ2v) is 3.75. The first-order valence-electron chi connectivity index (χ1n) is 5.50. The number of hydrogen-bond acceptors (Lipinski definition) is 2. The van der Waals surface area contributed by atoms with Crippen LogP contribution >= 0.6 is 0 Å². The average Bonchev–Trinajstić information content (AvgIpc) is 2.41. The minimum atomic E-state index is -4.52. The number of benzene rings is 2. The number of ether oxygens (including phenoxy) is 1. The van der Waals surface area contributed by atoms with Crippen LogP contribution in [0.3, 0.4) is 0 Å². The lowest BCUT2D eigenvalue weighted by Gasteiger charge is -2.14. The number of para-hydroxylation sites is 2. The van der Waals surface area contributed by atoms with E-state index in [9.17, 15) is 13.2 Å². The van der Waals surface area contributed by atoms with Gasteiger partial charge in [-0.05, 0) is 29.8 Å². The molecule has 4 nitrogen and oxygen atoms in total. The van der Waals surface area contributed by atoms with Gasteiger partial charge in [-0.1, -0.05) is 29.4 Å². The molecule has 102 valence electrons. The van der Waals surface area contributed by atoms with Gasteiger partial charge in [-0.15, -0.1) is 0 Å². The first-order chi connectivity index (χ1) is 9.52. The molecular weight excluding hydrogens is 271 g/mol. The maximum absolute atomic E-state index is 12.8. The summed E-state index contributed by atoms with van der Waals surface area (Å²) in [5.41, 5.74) is 7.64. The van der Waals surface area contributed by atoms with Crippen molar-refractivity contribution in [1.29, 1.82) is 0 Å². The maximum Gasteiger partial charge on any atom is 0.419 e. The first kappa shape index (κ1) is 13.8. The molecule has 0 spiro atoms. The molecule has 0 saturated carbocycles. The van der Waals surface area contributed by atoms with E-state index in [0.29, 0.717) is 0 Å². The van der Waals surface area contributed by atoms with Crippen molar-refractivity contribution in [2.75, 3.05) is 0 Å². The predicted molar refractivity (Wildman–Crippen MR) is 66.8 cm³/mol. The molecule has 0 amide bonds. The topological polar surface area (TPSA) is 58.0 Å². The van der Waals surface area contributed by atoms with E-state index >= 15 is 0 Å². The molecule has 0 aliphatic carbocycles. The number of rotatable bonds is 3. The fraction of sp³-hybridized carbons (Fsp3) is 0.0769. The van der Waals surface area contributed by atoms with Gasteiger partial charge in [-0.3, -0.25) is 0 Å². The molecule has 2 aromatic carbocycles. The first-order valence-corrected chi connectivity index (χ1v) is 5.50. The van der Waals surface area contributed by atoms with Crippen molar-refractivity contribution in [2.45, 2.75) is 6.18 Å². The Bertz CT molecular complexity index is 664. The summed E-state index contributed by atoms with van der Waals surface area (Å²) in [4.78, 5) is 2.60. The standard InChI is InChI=1S/C13H8F3N3O/c14-13(15,16)9-5-1-3-7-11(9)20-12-8-4-2-6-10(12)18-19-17/h1-8H. The van der Waals surface area contributed by atoms with Gasteiger partial charge < -0.3 is 4.74 Å². The molecule has 2 rings (SSSR count). The van der Waals surface area contributed by atoms with Crippen molar-refractivity contribution >= 4 is 5.69 Å². The van der Waals surface area contributed by atoms with Gasteiger partial charge in [0, 0.05) is 4.91 Å². The molecule has 0 aromatic heterocycles. The van der Waals surface area contributed by atoms with E-state index in [4.69, 9.17) is 10.3 Å². The van der Waals surface area contributed by atoms with Gasteiger partial charge in [0.2, 0.25) is 0 Å². The molecule has 0 atom stereocenters. The summed E-state index contributed by atoms with van der Waals surface area (Å²) in [5.74, 6) is -0.289. The van der Waals surface area contributed by atoms with Crippen LogP contribution < -0.4 is 4.74 Å². The number of hydrogen-bond donors (Lipinski definition) is 0. The lowest BCUT2D eigenvalue weighted by Crippen LogP contribution is -2.06. The molecule has 0 heterocycles. The zero-order valence-electron chi connectivity index (χ0n) is 10.0. The highest BCUT2D eigenvalue weighted by atomic mass is 19.4. The van der Waals surface area contributed by atoms with E-state index in [0.717, 1.165) is 6.07 Å². The molecule has 0 radical (unpaired) electrons. The average molecular weight is 279 g/mol. The van der Waals surface area contributed by atoms with Gasteiger partial charge in [0.15, 0.2) is 0 Å². The van der Waals surface area contributed by atoms with Gasteiger partial charge in [-0.25, -0.2) is 0 Å². The van der Waals surface area contributed by atoms with Crippen molar-refractivity contribution < 1.29 is 17.9 Å². The van der Waals surface area contributed by atoms with Crippen LogP contribution in [0.1, 0.15) is 5.56 Å². The third-order valence-electron chi connectivity index (χ3n) is 2.43. The van der Waals surface area contributed by atoms with Crippen molar-refractivity contribution in [3.63, 3.8) is 0 Å². The fourth-order valence-electron chi connectivity index (χ4n) is 1.58. The van der Waals surface area contributed by atoms with Crippen LogP contribution in [0.4, 0.5) is 18.9 Å². The summed E-state index contributed by atoms with van der Waals surface area (Å²) in [5, 5.41) is 3.37. The van der Waals surface area contributed by atoms with E-state index in [1.165, 1.54) is 30.3 Å². The highest BCUT2D eigenvalue weighted by Gasteiger charge is 2.34. The number of alkyl halides is 3. The third-order valence-corrected chi connectivity index (χ3v) is 2.43. The molecule has 0 saturated heterocycles. The summed E-state index contributed by atoms with van der Waals surface area (Å²) in [7, 11) is 0. The highest BCUT2D eigenvalue weighted by molar-refractivity contribution is 5.53. The molecule has 0 aliphatic rings. The molecule has 20 heavy (non-hydrogen) atoms. The van der Waals surface area contributed by atoms with E-state index in [1.807, 2.05) is 0 Å². The van der Waals surface area contributed by atoms with Crippen LogP contribution in [0, 0.1) is 0 Å². The Morgan fingerprint density at radius 1 is 0.950 bits per heavy atom. The van der Waals surface area contributed by atoms with Gasteiger partial charge in [-0.2, -0.15) is 13.2 Å². The number of azide groups is 1. The van der Waals surface area contributed by atoms with Crippen LogP contribution in [-0.4, -0.2) is 0 Å². The normalized spacial score (nSPS) is 10.8. The summed E-state index contributed by atoms with van der Waals surface area (Å²) >= 11 is 0. The summed E-state index contributed by atoms with van der Waals surface area (Å²) in [6, 6.07) is 10.9. The van der Waals surface area contributed by atoms with E-state index in [-0.39, 0.29) is 17.2 Å². The molecule has 0 fully saturated rings. The van der Waals surface area contributed by atoms with Gasteiger partial charge in [0.1, 0.15) is 11.5 Å². The van der Waals surface area contributed by atoms with E-state index in [2.05, 4.69) is 10.0 Å². The largest absolute Gasteiger partial charge is 0.456 e. The van der Waals surface area contributed by atoms with Crippen LogP contribution in [-0.2, 0) is 6.18 Å². The van der Waals surface area contributed by atoms with E-state index < -0.39 is 11.7 Å². The Balaban J connectivity index is 2.43. The zero-order chi connectivity index (χ0) is 14.6. The quantitative estimate of drug-likeness (QED) is 0.419. The predicted octanol–water partition coefficient (Wildman–Crippen LogP) is 5.44. The number of nitrogens with zero attached hydrogens (tertiary/aromatic N) is 3. The Hall–Kier alpha value is -2.66. The van der Waals surface area contributed by atoms with Crippen molar-refractivity contribution in [2.24, 2.45) is 5.11 Å². The van der Waals surface area contributed by atoms with Gasteiger partial charge >= 0.3 is 6.18 Å². The number of halogens is 3. The molecule has 0 bridgehead atoms. The summed E-state index contributed by atoms with van der Waals surface area (Å²) < 4.78 is 43.7. The van der Waals surface area contributed by atoms with Crippen LogP contribution in [0.5, 0.6) is 11.5 Å². The summed E-state index contributed by atoms with van der Waals surface area (Å²) in [6.07, 6.45) is -4.52. The van der Waals surface area contributed by atoms with Crippen molar-refractivity contribution in [3.05, 3.63) is 64.5 Å². The molecular formula is C13H8F3N3O. The Labute approximate surface area is 112 Å². The van der Waals surface area contributed by atoms with Gasteiger partial charge in [0.25, 0.3) is 0 Å². The minimum absolute atomic E-state index is 0.0574. The lowest BCUT2D eigenvalue weighted by atomic mass is 10.2. The molecule has 0 N–H and O–H groups in total. The minimum Gasteiger partial charge on any atom is -0.456 e. The monoisotopic (exact) mass is 279 g/mol. The molecule has 7 heteroatoms.